The van der Waals surface area contributed by atoms with Gasteiger partial charge in [-0.05, 0) is 52.0 Å². The van der Waals surface area contributed by atoms with Crippen LogP contribution in [-0.2, 0) is 9.53 Å². The average Bonchev–Trinajstić information content (AvgIpc) is 2.36. The highest BCUT2D eigenvalue weighted by Crippen LogP contribution is 2.13. The Labute approximate surface area is 126 Å². The van der Waals surface area contributed by atoms with Crippen molar-refractivity contribution in [1.82, 2.24) is 5.32 Å². The van der Waals surface area contributed by atoms with Crippen LogP contribution < -0.4 is 10.2 Å². The van der Waals surface area contributed by atoms with E-state index in [0.29, 0.717) is 5.56 Å². The molecule has 21 heavy (non-hydrogen) atoms. The first kappa shape index (κ1) is 17.0. The molecule has 0 saturated heterocycles. The number of nitrogens with zero attached hydrogens (tertiary/aromatic N) is 1. The average molecular weight is 292 g/mol. The number of amides is 1. The summed E-state index contributed by atoms with van der Waals surface area (Å²) < 4.78 is 5.23. The number of esters is 1. The van der Waals surface area contributed by atoms with E-state index in [4.69, 9.17) is 4.74 Å². The maximum atomic E-state index is 12.1. The Morgan fingerprint density at radius 3 is 2.10 bits per heavy atom. The number of carbonyl (C=O) groups excluding carboxylic acids is 2. The van der Waals surface area contributed by atoms with E-state index in [-0.39, 0.29) is 5.91 Å². The van der Waals surface area contributed by atoms with Gasteiger partial charge in [0.15, 0.2) is 0 Å². The van der Waals surface area contributed by atoms with Crippen LogP contribution in [0.2, 0.25) is 0 Å². The Bertz CT molecular complexity index is 501. The zero-order valence-electron chi connectivity index (χ0n) is 13.6. The summed E-state index contributed by atoms with van der Waals surface area (Å²) in [6, 6.07) is 6.48. The van der Waals surface area contributed by atoms with Gasteiger partial charge in [0, 0.05) is 25.3 Å². The van der Waals surface area contributed by atoms with E-state index in [0.717, 1.165) is 5.69 Å². The van der Waals surface area contributed by atoms with E-state index < -0.39 is 17.6 Å². The Kier molecular flexibility index (Phi) is 5.35. The molecule has 0 radical (unpaired) electrons. The Balaban J connectivity index is 2.66. The minimum Gasteiger partial charge on any atom is -0.458 e. The third kappa shape index (κ3) is 5.45. The second-order valence-corrected chi connectivity index (χ2v) is 6.17. The Hall–Kier alpha value is -2.04. The highest BCUT2D eigenvalue weighted by atomic mass is 16.6. The van der Waals surface area contributed by atoms with Crippen molar-refractivity contribution in [2.24, 2.45) is 0 Å². The molecule has 5 nitrogen and oxygen atoms in total. The molecule has 0 aliphatic heterocycles. The third-order valence-corrected chi connectivity index (χ3v) is 2.75. The third-order valence-electron chi connectivity index (χ3n) is 2.75. The lowest BCUT2D eigenvalue weighted by molar-refractivity contribution is -0.156. The molecular formula is C16H24N2O3. The van der Waals surface area contributed by atoms with Crippen LogP contribution in [0.1, 0.15) is 38.1 Å². The van der Waals surface area contributed by atoms with Crippen LogP contribution in [0.15, 0.2) is 24.3 Å². The van der Waals surface area contributed by atoms with Gasteiger partial charge in [-0.2, -0.15) is 0 Å². The summed E-state index contributed by atoms with van der Waals surface area (Å²) in [6.45, 7) is 6.98. The van der Waals surface area contributed by atoms with Crippen LogP contribution in [0.3, 0.4) is 0 Å². The molecule has 0 heterocycles. The van der Waals surface area contributed by atoms with Gasteiger partial charge in [0.25, 0.3) is 5.91 Å². The normalized spacial score (nSPS) is 12.5. The highest BCUT2D eigenvalue weighted by molar-refractivity contribution is 5.97. The number of hydrogen-bond donors (Lipinski definition) is 1. The molecule has 0 unspecified atom stereocenters. The molecule has 0 aliphatic rings. The molecule has 1 amide bonds. The molecule has 5 heteroatoms. The monoisotopic (exact) mass is 292 g/mol. The summed E-state index contributed by atoms with van der Waals surface area (Å²) in [5.74, 6) is -0.737. The van der Waals surface area contributed by atoms with E-state index in [9.17, 15) is 9.59 Å². The second-order valence-electron chi connectivity index (χ2n) is 6.17. The maximum Gasteiger partial charge on any atom is 0.328 e. The van der Waals surface area contributed by atoms with Gasteiger partial charge in [-0.15, -0.1) is 0 Å². The first-order valence-electron chi connectivity index (χ1n) is 6.91. The van der Waals surface area contributed by atoms with Crippen molar-refractivity contribution in [1.29, 1.82) is 0 Å². The largest absolute Gasteiger partial charge is 0.458 e. The molecule has 1 aromatic rings. The summed E-state index contributed by atoms with van der Waals surface area (Å²) in [5.41, 5.74) is 0.950. The molecule has 116 valence electrons. The van der Waals surface area contributed by atoms with Gasteiger partial charge >= 0.3 is 5.97 Å². The van der Waals surface area contributed by atoms with E-state index in [1.165, 1.54) is 0 Å². The highest BCUT2D eigenvalue weighted by Gasteiger charge is 2.23. The van der Waals surface area contributed by atoms with Crippen molar-refractivity contribution in [3.63, 3.8) is 0 Å². The van der Waals surface area contributed by atoms with Crippen LogP contribution in [0.5, 0.6) is 0 Å². The Morgan fingerprint density at radius 2 is 1.67 bits per heavy atom. The van der Waals surface area contributed by atoms with Gasteiger partial charge in [-0.1, -0.05) is 0 Å². The molecule has 1 rings (SSSR count). The fourth-order valence-corrected chi connectivity index (χ4v) is 1.64. The fourth-order valence-electron chi connectivity index (χ4n) is 1.64. The maximum absolute atomic E-state index is 12.1. The SMILES string of the molecule is C[C@@H](NC(=O)c1ccc(N(C)C)cc1)C(=O)OC(C)(C)C. The Morgan fingerprint density at radius 1 is 1.14 bits per heavy atom. The lowest BCUT2D eigenvalue weighted by Crippen LogP contribution is -2.42. The summed E-state index contributed by atoms with van der Waals surface area (Å²) in [6.07, 6.45) is 0. The molecule has 0 spiro atoms. The van der Waals surface area contributed by atoms with Gasteiger partial charge in [-0.3, -0.25) is 4.79 Å². The molecule has 1 atom stereocenters. The van der Waals surface area contributed by atoms with Crippen LogP contribution in [0, 0.1) is 0 Å². The standard InChI is InChI=1S/C16H24N2O3/c1-11(15(20)21-16(2,3)4)17-14(19)12-7-9-13(10-8-12)18(5)6/h7-11H,1-6H3,(H,17,19)/t11-/m1/s1. The number of hydrogen-bond acceptors (Lipinski definition) is 4. The number of benzene rings is 1. The van der Waals surface area contributed by atoms with Crippen molar-refractivity contribution in [2.45, 2.75) is 39.3 Å². The lowest BCUT2D eigenvalue weighted by Gasteiger charge is -2.22. The quantitative estimate of drug-likeness (QED) is 0.864. The predicted molar refractivity (Wildman–Crippen MR) is 83.5 cm³/mol. The first-order chi connectivity index (χ1) is 9.60. The molecule has 0 aromatic heterocycles. The number of rotatable bonds is 4. The minimum atomic E-state index is -0.690. The second kappa shape index (κ2) is 6.61. The summed E-state index contributed by atoms with van der Waals surface area (Å²) in [7, 11) is 3.86. The number of nitrogens with one attached hydrogen (secondary N) is 1. The van der Waals surface area contributed by atoms with Crippen LogP contribution in [0.25, 0.3) is 0 Å². The van der Waals surface area contributed by atoms with Gasteiger partial charge in [0.2, 0.25) is 0 Å². The van der Waals surface area contributed by atoms with Gasteiger partial charge in [0.1, 0.15) is 11.6 Å². The molecule has 0 saturated carbocycles. The molecular weight excluding hydrogens is 268 g/mol. The molecule has 0 fully saturated rings. The van der Waals surface area contributed by atoms with E-state index in [1.54, 1.807) is 39.8 Å². The van der Waals surface area contributed by atoms with Gasteiger partial charge in [-0.25, -0.2) is 4.79 Å². The van der Waals surface area contributed by atoms with Gasteiger partial charge < -0.3 is 15.0 Å². The van der Waals surface area contributed by atoms with Crippen molar-refractivity contribution < 1.29 is 14.3 Å². The van der Waals surface area contributed by atoms with Crippen LogP contribution in [0.4, 0.5) is 5.69 Å². The smallest absolute Gasteiger partial charge is 0.328 e. The number of anilines is 1. The molecule has 1 N–H and O–H groups in total. The molecule has 0 aliphatic carbocycles. The van der Waals surface area contributed by atoms with Crippen molar-refractivity contribution in [3.05, 3.63) is 29.8 Å². The molecule has 0 bridgehead atoms. The topological polar surface area (TPSA) is 58.6 Å². The van der Waals surface area contributed by atoms with Crippen molar-refractivity contribution in [3.8, 4) is 0 Å². The van der Waals surface area contributed by atoms with E-state index in [2.05, 4.69) is 5.32 Å². The first-order valence-corrected chi connectivity index (χ1v) is 6.91. The van der Waals surface area contributed by atoms with Crippen molar-refractivity contribution >= 4 is 17.6 Å². The zero-order chi connectivity index (χ0) is 16.2. The molecule has 1 aromatic carbocycles. The van der Waals surface area contributed by atoms with E-state index in [1.807, 2.05) is 31.1 Å². The summed E-state index contributed by atoms with van der Waals surface area (Å²) in [4.78, 5) is 25.8. The van der Waals surface area contributed by atoms with Gasteiger partial charge in [0.05, 0.1) is 0 Å². The predicted octanol–water partition coefficient (Wildman–Crippen LogP) is 2.21. The van der Waals surface area contributed by atoms with Crippen LogP contribution >= 0.6 is 0 Å². The van der Waals surface area contributed by atoms with Crippen LogP contribution in [-0.4, -0.2) is 37.6 Å². The van der Waals surface area contributed by atoms with E-state index >= 15 is 0 Å². The lowest BCUT2D eigenvalue weighted by atomic mass is 10.1. The summed E-state index contributed by atoms with van der Waals surface area (Å²) in [5, 5.41) is 2.64. The minimum absolute atomic E-state index is 0.293. The fraction of sp³-hybridized carbons (Fsp3) is 0.500. The zero-order valence-corrected chi connectivity index (χ0v) is 13.6. The number of ether oxygens (including phenoxy) is 1. The van der Waals surface area contributed by atoms with Crippen molar-refractivity contribution in [2.75, 3.05) is 19.0 Å². The number of carbonyl (C=O) groups is 2. The summed E-state index contributed by atoms with van der Waals surface area (Å²) >= 11 is 0.